The molecule has 2 atom stereocenters. The normalized spacial score (nSPS) is 25.4. The average Bonchev–Trinajstić information content (AvgIpc) is 2.84. The first-order valence-corrected chi connectivity index (χ1v) is 10.3. The fourth-order valence-electron chi connectivity index (χ4n) is 4.51. The van der Waals surface area contributed by atoms with E-state index in [1.807, 2.05) is 18.2 Å². The molecule has 2 unspecified atom stereocenters. The van der Waals surface area contributed by atoms with Crippen LogP contribution in [0.15, 0.2) is 18.2 Å². The summed E-state index contributed by atoms with van der Waals surface area (Å²) in [4.78, 5) is 38.3. The van der Waals surface area contributed by atoms with Gasteiger partial charge in [-0.05, 0) is 55.9 Å². The van der Waals surface area contributed by atoms with E-state index in [4.69, 9.17) is 0 Å². The molecular weight excluding hydrogens is 356 g/mol. The van der Waals surface area contributed by atoms with Crippen molar-refractivity contribution in [3.8, 4) is 0 Å². The van der Waals surface area contributed by atoms with Crippen molar-refractivity contribution >= 4 is 17.7 Å². The molecule has 2 saturated heterocycles. The molecule has 0 spiro atoms. The number of rotatable bonds is 5. The summed E-state index contributed by atoms with van der Waals surface area (Å²) >= 11 is 0. The molecule has 7 heteroatoms. The lowest BCUT2D eigenvalue weighted by Crippen LogP contribution is -2.52. The third-order valence-corrected chi connectivity index (χ3v) is 6.04. The van der Waals surface area contributed by atoms with Crippen LogP contribution in [0.5, 0.6) is 0 Å². The van der Waals surface area contributed by atoms with Gasteiger partial charge in [0.05, 0.1) is 0 Å². The summed E-state index contributed by atoms with van der Waals surface area (Å²) in [6, 6.07) is 5.36. The Morgan fingerprint density at radius 3 is 2.89 bits per heavy atom. The number of hydrogen-bond donors (Lipinski definition) is 3. The van der Waals surface area contributed by atoms with Gasteiger partial charge >= 0.3 is 0 Å². The molecule has 0 radical (unpaired) electrons. The Balaban J connectivity index is 1.41. The van der Waals surface area contributed by atoms with E-state index in [0.29, 0.717) is 25.4 Å². The molecule has 0 aliphatic carbocycles. The first-order chi connectivity index (χ1) is 13.6. The Bertz CT molecular complexity index is 771. The van der Waals surface area contributed by atoms with Gasteiger partial charge in [-0.3, -0.25) is 19.7 Å². The summed E-state index contributed by atoms with van der Waals surface area (Å²) in [6.07, 6.45) is 4.41. The van der Waals surface area contributed by atoms with Gasteiger partial charge in [0.2, 0.25) is 11.8 Å². The fraction of sp³-hybridized carbons (Fsp3) is 0.571. The predicted molar refractivity (Wildman–Crippen MR) is 104 cm³/mol. The number of amides is 3. The van der Waals surface area contributed by atoms with E-state index in [1.165, 1.54) is 19.3 Å². The highest BCUT2D eigenvalue weighted by Gasteiger charge is 2.39. The third-order valence-electron chi connectivity index (χ3n) is 6.04. The van der Waals surface area contributed by atoms with E-state index in [1.54, 1.807) is 4.90 Å². The second-order valence-corrected chi connectivity index (χ2v) is 8.05. The summed E-state index contributed by atoms with van der Waals surface area (Å²) in [7, 11) is 0. The Labute approximate surface area is 165 Å². The Morgan fingerprint density at radius 2 is 2.04 bits per heavy atom. The van der Waals surface area contributed by atoms with Crippen molar-refractivity contribution < 1.29 is 14.4 Å². The van der Waals surface area contributed by atoms with Crippen molar-refractivity contribution in [1.82, 2.24) is 20.9 Å². The monoisotopic (exact) mass is 384 g/mol. The number of imide groups is 1. The van der Waals surface area contributed by atoms with Crippen LogP contribution in [-0.4, -0.2) is 48.3 Å². The van der Waals surface area contributed by atoms with Gasteiger partial charge in [0.1, 0.15) is 6.04 Å². The lowest BCUT2D eigenvalue weighted by Gasteiger charge is -2.29. The maximum atomic E-state index is 13.1. The minimum Gasteiger partial charge on any atom is -0.322 e. The van der Waals surface area contributed by atoms with Crippen molar-refractivity contribution in [2.24, 2.45) is 5.92 Å². The molecule has 0 bridgehead atoms. The average molecular weight is 384 g/mol. The molecule has 3 aliphatic heterocycles. The molecule has 3 amide bonds. The van der Waals surface area contributed by atoms with Gasteiger partial charge < -0.3 is 15.5 Å². The predicted octanol–water partition coefficient (Wildman–Crippen LogP) is 0.927. The number of nitrogens with zero attached hydrogens (tertiary/aromatic N) is 1. The number of benzene rings is 1. The smallest absolute Gasteiger partial charge is 0.255 e. The second kappa shape index (κ2) is 8.41. The molecule has 1 aromatic rings. The third kappa shape index (κ3) is 3.95. The topological polar surface area (TPSA) is 90.5 Å². The van der Waals surface area contributed by atoms with Gasteiger partial charge in [-0.15, -0.1) is 0 Å². The van der Waals surface area contributed by atoms with E-state index >= 15 is 0 Å². The standard InChI is InChI=1S/C21H28N4O3/c26-18-8-7-17(20(27)24-18)25-13-16-6-3-5-15(19(16)21(25)28)12-23-11-14-4-1-2-9-22-10-14/h3,5-6,14,17,22-23H,1-2,4,7-13H2,(H,24,26,27). The van der Waals surface area contributed by atoms with E-state index in [0.717, 1.165) is 36.3 Å². The van der Waals surface area contributed by atoms with Crippen LogP contribution in [-0.2, 0) is 22.7 Å². The first kappa shape index (κ1) is 19.1. The highest BCUT2D eigenvalue weighted by atomic mass is 16.2. The number of nitrogens with one attached hydrogen (secondary N) is 3. The van der Waals surface area contributed by atoms with Crippen LogP contribution >= 0.6 is 0 Å². The second-order valence-electron chi connectivity index (χ2n) is 8.05. The molecule has 3 aliphatic rings. The molecule has 150 valence electrons. The Morgan fingerprint density at radius 1 is 1.14 bits per heavy atom. The highest BCUT2D eigenvalue weighted by molar-refractivity contribution is 6.05. The van der Waals surface area contributed by atoms with Crippen LogP contribution in [0.3, 0.4) is 0 Å². The summed E-state index contributed by atoms with van der Waals surface area (Å²) in [5.74, 6) is -0.103. The summed E-state index contributed by atoms with van der Waals surface area (Å²) in [5, 5.41) is 9.36. The molecule has 0 aromatic heterocycles. The van der Waals surface area contributed by atoms with Crippen molar-refractivity contribution in [2.45, 2.75) is 51.2 Å². The quantitative estimate of drug-likeness (QED) is 0.657. The largest absolute Gasteiger partial charge is 0.322 e. The van der Waals surface area contributed by atoms with Gasteiger partial charge in [0, 0.05) is 25.1 Å². The lowest BCUT2D eigenvalue weighted by atomic mass is 10.0. The number of piperidine rings is 1. The molecule has 2 fully saturated rings. The summed E-state index contributed by atoms with van der Waals surface area (Å²) < 4.78 is 0. The van der Waals surface area contributed by atoms with Crippen LogP contribution < -0.4 is 16.0 Å². The lowest BCUT2D eigenvalue weighted by molar-refractivity contribution is -0.136. The van der Waals surface area contributed by atoms with Crippen molar-refractivity contribution in [3.05, 3.63) is 34.9 Å². The Kier molecular flexibility index (Phi) is 5.73. The minimum absolute atomic E-state index is 0.0990. The van der Waals surface area contributed by atoms with Gasteiger partial charge in [-0.1, -0.05) is 24.6 Å². The van der Waals surface area contributed by atoms with E-state index < -0.39 is 6.04 Å². The van der Waals surface area contributed by atoms with E-state index in [9.17, 15) is 14.4 Å². The zero-order valence-electron chi connectivity index (χ0n) is 16.1. The van der Waals surface area contributed by atoms with Crippen LogP contribution in [0, 0.1) is 5.92 Å². The fourth-order valence-corrected chi connectivity index (χ4v) is 4.51. The van der Waals surface area contributed by atoms with Crippen LogP contribution in [0.2, 0.25) is 0 Å². The molecule has 4 rings (SSSR count). The summed E-state index contributed by atoms with van der Waals surface area (Å²) in [6.45, 7) is 4.16. The molecule has 28 heavy (non-hydrogen) atoms. The zero-order valence-corrected chi connectivity index (χ0v) is 16.1. The van der Waals surface area contributed by atoms with Crippen LogP contribution in [0.4, 0.5) is 0 Å². The van der Waals surface area contributed by atoms with Crippen molar-refractivity contribution in [2.75, 3.05) is 19.6 Å². The summed E-state index contributed by atoms with van der Waals surface area (Å²) in [5.41, 5.74) is 2.67. The first-order valence-electron chi connectivity index (χ1n) is 10.3. The number of hydrogen-bond acceptors (Lipinski definition) is 5. The van der Waals surface area contributed by atoms with E-state index in [-0.39, 0.29) is 24.1 Å². The zero-order chi connectivity index (χ0) is 19.5. The maximum absolute atomic E-state index is 13.1. The molecule has 1 aromatic carbocycles. The van der Waals surface area contributed by atoms with Crippen LogP contribution in [0.1, 0.15) is 53.6 Å². The maximum Gasteiger partial charge on any atom is 0.255 e. The van der Waals surface area contributed by atoms with Gasteiger partial charge in [0.25, 0.3) is 5.91 Å². The van der Waals surface area contributed by atoms with Gasteiger partial charge in [0.15, 0.2) is 0 Å². The Hall–Kier alpha value is -2.25. The molecule has 0 saturated carbocycles. The van der Waals surface area contributed by atoms with Crippen molar-refractivity contribution in [1.29, 1.82) is 0 Å². The number of carbonyl (C=O) groups excluding carboxylic acids is 3. The van der Waals surface area contributed by atoms with E-state index in [2.05, 4.69) is 16.0 Å². The number of fused-ring (bicyclic) bond motifs is 1. The SMILES string of the molecule is O=C1CCC(N2Cc3cccc(CNCC4CCCCNC4)c3C2=O)C(=O)N1. The van der Waals surface area contributed by atoms with Gasteiger partial charge in [-0.2, -0.15) is 0 Å². The molecule has 3 N–H and O–H groups in total. The highest BCUT2D eigenvalue weighted by Crippen LogP contribution is 2.29. The van der Waals surface area contributed by atoms with Crippen molar-refractivity contribution in [3.63, 3.8) is 0 Å². The number of carbonyl (C=O) groups is 3. The van der Waals surface area contributed by atoms with Crippen LogP contribution in [0.25, 0.3) is 0 Å². The minimum atomic E-state index is -0.560. The molecular formula is C21H28N4O3. The molecule has 7 nitrogen and oxygen atoms in total. The molecule has 3 heterocycles. The van der Waals surface area contributed by atoms with Gasteiger partial charge in [-0.25, -0.2) is 0 Å².